The van der Waals surface area contributed by atoms with Crippen molar-refractivity contribution >= 4 is 17.3 Å². The number of hydrogen-bond acceptors (Lipinski definition) is 6. The largest absolute Gasteiger partial charge is 0.454 e. The molecule has 0 spiro atoms. The molecule has 0 amide bonds. The number of carbonyl (C=O) groups excluding carboxylic acids is 1. The fourth-order valence-corrected chi connectivity index (χ4v) is 1.60. The minimum atomic E-state index is -0.660. The van der Waals surface area contributed by atoms with Crippen molar-refractivity contribution in [1.29, 1.82) is 0 Å². The second kappa shape index (κ2) is 4.61. The molecule has 7 nitrogen and oxygen atoms in total. The van der Waals surface area contributed by atoms with Crippen LogP contribution in [0.15, 0.2) is 12.1 Å². The first-order valence-corrected chi connectivity index (χ1v) is 5.32. The quantitative estimate of drug-likeness (QED) is 0.373. The number of aryl methyl sites for hydroxylation is 1. The zero-order valence-electron chi connectivity index (χ0n) is 9.71. The van der Waals surface area contributed by atoms with E-state index in [0.29, 0.717) is 18.8 Å². The Bertz CT molecular complexity index is 510. The smallest absolute Gasteiger partial charge is 0.340 e. The van der Waals surface area contributed by atoms with Crippen LogP contribution in [-0.4, -0.2) is 30.2 Å². The molecule has 0 saturated carbocycles. The second-order valence-electron chi connectivity index (χ2n) is 4.07. The predicted molar refractivity (Wildman–Crippen MR) is 62.3 cm³/mol. The summed E-state index contributed by atoms with van der Waals surface area (Å²) < 4.78 is 9.95. The highest BCUT2D eigenvalue weighted by molar-refractivity contribution is 5.97. The molecule has 1 heterocycles. The molecular weight excluding hydrogens is 240 g/mol. The lowest BCUT2D eigenvalue weighted by atomic mass is 10.1. The SMILES string of the molecule is Cc1cc(C(=O)OC2COC2)c(N)c([N+](=O)[O-])c1. The van der Waals surface area contributed by atoms with Gasteiger partial charge in [-0.3, -0.25) is 10.1 Å². The molecule has 7 heteroatoms. The van der Waals surface area contributed by atoms with E-state index in [1.165, 1.54) is 12.1 Å². The van der Waals surface area contributed by atoms with Crippen LogP contribution >= 0.6 is 0 Å². The van der Waals surface area contributed by atoms with Crippen LogP contribution in [0.2, 0.25) is 0 Å². The van der Waals surface area contributed by atoms with E-state index in [1.807, 2.05) is 0 Å². The van der Waals surface area contributed by atoms with E-state index < -0.39 is 10.9 Å². The number of nitrogens with two attached hydrogens (primary N) is 1. The third kappa shape index (κ3) is 2.25. The lowest BCUT2D eigenvalue weighted by Crippen LogP contribution is -2.38. The van der Waals surface area contributed by atoms with Crippen molar-refractivity contribution in [2.45, 2.75) is 13.0 Å². The number of nitro groups is 1. The van der Waals surface area contributed by atoms with Gasteiger partial charge in [0.15, 0.2) is 0 Å². The summed E-state index contributed by atoms with van der Waals surface area (Å²) in [5, 5.41) is 10.8. The number of nitro benzene ring substituents is 1. The summed E-state index contributed by atoms with van der Waals surface area (Å²) in [7, 11) is 0. The molecule has 2 N–H and O–H groups in total. The van der Waals surface area contributed by atoms with Gasteiger partial charge in [0, 0.05) is 6.07 Å². The maximum absolute atomic E-state index is 11.8. The zero-order chi connectivity index (χ0) is 13.3. The average Bonchev–Trinajstić information content (AvgIpc) is 2.25. The number of carbonyl (C=O) groups is 1. The Hall–Kier alpha value is -2.15. The van der Waals surface area contributed by atoms with E-state index >= 15 is 0 Å². The molecule has 1 aromatic carbocycles. The Morgan fingerprint density at radius 1 is 1.56 bits per heavy atom. The lowest BCUT2D eigenvalue weighted by Gasteiger charge is -2.25. The third-order valence-corrected chi connectivity index (χ3v) is 2.60. The van der Waals surface area contributed by atoms with Gasteiger partial charge in [0.1, 0.15) is 11.8 Å². The van der Waals surface area contributed by atoms with Crippen molar-refractivity contribution in [3.63, 3.8) is 0 Å². The molecule has 0 bridgehead atoms. The van der Waals surface area contributed by atoms with E-state index in [2.05, 4.69) is 0 Å². The number of esters is 1. The first-order chi connectivity index (χ1) is 8.49. The lowest BCUT2D eigenvalue weighted by molar-refractivity contribution is -0.384. The van der Waals surface area contributed by atoms with Gasteiger partial charge < -0.3 is 15.2 Å². The zero-order valence-corrected chi connectivity index (χ0v) is 9.71. The van der Waals surface area contributed by atoms with Crippen LogP contribution in [-0.2, 0) is 9.47 Å². The van der Waals surface area contributed by atoms with E-state index in [0.717, 1.165) is 0 Å². The highest BCUT2D eigenvalue weighted by Gasteiger charge is 2.27. The Kier molecular flexibility index (Phi) is 3.15. The number of nitrogens with zero attached hydrogens (tertiary/aromatic N) is 1. The van der Waals surface area contributed by atoms with Crippen molar-refractivity contribution in [2.24, 2.45) is 0 Å². The number of hydrogen-bond donors (Lipinski definition) is 1. The fourth-order valence-electron chi connectivity index (χ4n) is 1.60. The number of ether oxygens (including phenoxy) is 2. The Morgan fingerprint density at radius 3 is 2.72 bits per heavy atom. The summed E-state index contributed by atoms with van der Waals surface area (Å²) in [4.78, 5) is 22.0. The van der Waals surface area contributed by atoms with Gasteiger partial charge in [-0.1, -0.05) is 0 Å². The first-order valence-electron chi connectivity index (χ1n) is 5.32. The molecule has 18 heavy (non-hydrogen) atoms. The van der Waals surface area contributed by atoms with Crippen LogP contribution in [0, 0.1) is 17.0 Å². The molecule has 0 aliphatic carbocycles. The number of anilines is 1. The van der Waals surface area contributed by atoms with Crippen molar-refractivity contribution in [2.75, 3.05) is 18.9 Å². The van der Waals surface area contributed by atoms with Gasteiger partial charge >= 0.3 is 5.97 Å². The highest BCUT2D eigenvalue weighted by Crippen LogP contribution is 2.28. The normalized spacial score (nSPS) is 14.9. The topological polar surface area (TPSA) is 105 Å². The van der Waals surface area contributed by atoms with Crippen LogP contribution in [0.1, 0.15) is 15.9 Å². The molecule has 96 valence electrons. The van der Waals surface area contributed by atoms with Crippen molar-refractivity contribution in [3.05, 3.63) is 33.4 Å². The Morgan fingerprint density at radius 2 is 2.22 bits per heavy atom. The summed E-state index contributed by atoms with van der Waals surface area (Å²) in [6, 6.07) is 2.79. The van der Waals surface area contributed by atoms with Gasteiger partial charge in [-0.05, 0) is 18.6 Å². The van der Waals surface area contributed by atoms with Gasteiger partial charge in [-0.25, -0.2) is 4.79 Å². The van der Waals surface area contributed by atoms with Crippen molar-refractivity contribution in [3.8, 4) is 0 Å². The molecular formula is C11H12N2O5. The fraction of sp³-hybridized carbons (Fsp3) is 0.364. The van der Waals surface area contributed by atoms with Gasteiger partial charge in [0.25, 0.3) is 5.69 Å². The van der Waals surface area contributed by atoms with E-state index in [1.54, 1.807) is 6.92 Å². The summed E-state index contributed by atoms with van der Waals surface area (Å²) >= 11 is 0. The Labute approximate surface area is 103 Å². The number of rotatable bonds is 3. The number of nitrogen functional groups attached to an aromatic ring is 1. The standard InChI is InChI=1S/C11H12N2O5/c1-6-2-8(10(12)9(3-6)13(15)16)11(14)18-7-4-17-5-7/h2-3,7H,4-5,12H2,1H3. The molecule has 0 unspecified atom stereocenters. The predicted octanol–water partition coefficient (Wildman–Crippen LogP) is 1.04. The average molecular weight is 252 g/mol. The molecule has 1 aliphatic rings. The van der Waals surface area contributed by atoms with Gasteiger partial charge in [0.05, 0.1) is 23.7 Å². The summed E-state index contributed by atoms with van der Waals surface area (Å²) in [5.41, 5.74) is 5.76. The minimum Gasteiger partial charge on any atom is -0.454 e. The van der Waals surface area contributed by atoms with E-state index in [-0.39, 0.29) is 23.0 Å². The van der Waals surface area contributed by atoms with E-state index in [4.69, 9.17) is 15.2 Å². The van der Waals surface area contributed by atoms with Gasteiger partial charge in [-0.15, -0.1) is 0 Å². The summed E-state index contributed by atoms with van der Waals surface area (Å²) in [6.45, 7) is 2.34. The molecule has 0 atom stereocenters. The van der Waals surface area contributed by atoms with Gasteiger partial charge in [0.2, 0.25) is 0 Å². The molecule has 1 aliphatic heterocycles. The first kappa shape index (κ1) is 12.3. The third-order valence-electron chi connectivity index (χ3n) is 2.60. The van der Waals surface area contributed by atoms with Crippen LogP contribution in [0.4, 0.5) is 11.4 Å². The molecule has 0 radical (unpaired) electrons. The van der Waals surface area contributed by atoms with Crippen molar-refractivity contribution in [1.82, 2.24) is 0 Å². The molecule has 1 fully saturated rings. The van der Waals surface area contributed by atoms with Gasteiger partial charge in [-0.2, -0.15) is 0 Å². The van der Waals surface area contributed by atoms with Crippen LogP contribution in [0.25, 0.3) is 0 Å². The minimum absolute atomic E-state index is 0.0219. The van der Waals surface area contributed by atoms with Crippen LogP contribution in [0.5, 0.6) is 0 Å². The Balaban J connectivity index is 2.31. The highest BCUT2D eigenvalue weighted by atomic mass is 16.6. The molecule has 0 aromatic heterocycles. The second-order valence-corrected chi connectivity index (χ2v) is 4.07. The molecule has 1 aromatic rings. The maximum Gasteiger partial charge on any atom is 0.340 e. The number of benzene rings is 1. The van der Waals surface area contributed by atoms with Crippen LogP contribution < -0.4 is 5.73 Å². The van der Waals surface area contributed by atoms with E-state index in [9.17, 15) is 14.9 Å². The van der Waals surface area contributed by atoms with Crippen molar-refractivity contribution < 1.29 is 19.2 Å². The maximum atomic E-state index is 11.8. The summed E-state index contributed by atoms with van der Waals surface area (Å²) in [5.74, 6) is -0.660. The summed E-state index contributed by atoms with van der Waals surface area (Å²) in [6.07, 6.45) is -0.295. The van der Waals surface area contributed by atoms with Crippen LogP contribution in [0.3, 0.4) is 0 Å². The molecule has 1 saturated heterocycles. The molecule has 2 rings (SSSR count). The monoisotopic (exact) mass is 252 g/mol.